The molecule has 0 radical (unpaired) electrons. The number of hydrogen-bond donors (Lipinski definition) is 1. The summed E-state index contributed by atoms with van der Waals surface area (Å²) in [6, 6.07) is 24.8. The Balaban J connectivity index is 1.57. The largest absolute Gasteiger partial charge is 0.497 e. The minimum atomic E-state index is -0.622. The molecule has 0 aromatic heterocycles. The van der Waals surface area contributed by atoms with Crippen LogP contribution >= 0.6 is 23.4 Å². The number of ether oxygens (including phenoxy) is 1. The SMILES string of the molecule is COc1cccc(CN(C(=O)CSCc2cccc(Cl)c2)[C@@H](Cc2ccccc2)C(=O)NC2CCCC2)c1. The van der Waals surface area contributed by atoms with Gasteiger partial charge in [0.05, 0.1) is 12.9 Å². The number of amides is 2. The predicted octanol–water partition coefficient (Wildman–Crippen LogP) is 6.28. The zero-order valence-corrected chi connectivity index (χ0v) is 23.3. The van der Waals surface area contributed by atoms with E-state index in [0.29, 0.717) is 23.7 Å². The molecule has 0 bridgehead atoms. The molecular weight excluding hydrogens is 516 g/mol. The van der Waals surface area contributed by atoms with E-state index in [1.165, 1.54) is 11.8 Å². The molecule has 1 fully saturated rings. The van der Waals surface area contributed by atoms with Crippen LogP contribution in [-0.2, 0) is 28.3 Å². The monoisotopic (exact) mass is 550 g/mol. The van der Waals surface area contributed by atoms with E-state index in [9.17, 15) is 9.59 Å². The number of methoxy groups -OCH3 is 1. The lowest BCUT2D eigenvalue weighted by Gasteiger charge is -2.32. The van der Waals surface area contributed by atoms with Gasteiger partial charge in [0.2, 0.25) is 11.8 Å². The second kappa shape index (κ2) is 14.3. The molecule has 38 heavy (non-hydrogen) atoms. The molecule has 0 heterocycles. The van der Waals surface area contributed by atoms with Gasteiger partial charge in [0.25, 0.3) is 0 Å². The molecule has 1 saturated carbocycles. The van der Waals surface area contributed by atoms with Crippen molar-refractivity contribution in [2.24, 2.45) is 0 Å². The van der Waals surface area contributed by atoms with Crippen molar-refractivity contribution in [3.63, 3.8) is 0 Å². The lowest BCUT2D eigenvalue weighted by atomic mass is 10.0. The Labute approximate surface area is 234 Å². The molecule has 5 nitrogen and oxygen atoms in total. The van der Waals surface area contributed by atoms with Crippen LogP contribution in [0.5, 0.6) is 5.75 Å². The Morgan fingerprint density at radius 1 is 0.974 bits per heavy atom. The molecule has 4 rings (SSSR count). The second-order valence-corrected chi connectivity index (χ2v) is 11.1. The van der Waals surface area contributed by atoms with E-state index in [4.69, 9.17) is 16.3 Å². The number of carbonyl (C=O) groups is 2. The van der Waals surface area contributed by atoms with Crippen molar-refractivity contribution in [1.82, 2.24) is 10.2 Å². The van der Waals surface area contributed by atoms with Crippen molar-refractivity contribution in [1.29, 1.82) is 0 Å². The zero-order valence-electron chi connectivity index (χ0n) is 21.8. The van der Waals surface area contributed by atoms with Gasteiger partial charge in [0, 0.05) is 29.8 Å². The molecule has 0 spiro atoms. The van der Waals surface area contributed by atoms with Gasteiger partial charge in [0.1, 0.15) is 11.8 Å². The summed E-state index contributed by atoms with van der Waals surface area (Å²) in [6.45, 7) is 0.323. The molecule has 1 atom stereocenters. The summed E-state index contributed by atoms with van der Waals surface area (Å²) in [4.78, 5) is 29.3. The fourth-order valence-electron chi connectivity index (χ4n) is 4.85. The normalized spacial score (nSPS) is 14.2. The zero-order chi connectivity index (χ0) is 26.7. The number of rotatable bonds is 12. The van der Waals surface area contributed by atoms with E-state index in [0.717, 1.165) is 48.1 Å². The fraction of sp³-hybridized carbons (Fsp3) is 0.355. The molecule has 3 aromatic rings. The first kappa shape index (κ1) is 28.1. The minimum Gasteiger partial charge on any atom is -0.497 e. The first-order valence-electron chi connectivity index (χ1n) is 13.1. The Kier molecular flexibility index (Phi) is 10.5. The van der Waals surface area contributed by atoms with Crippen LogP contribution < -0.4 is 10.1 Å². The lowest BCUT2D eigenvalue weighted by Crippen LogP contribution is -2.52. The summed E-state index contributed by atoms with van der Waals surface area (Å²) in [6.07, 6.45) is 4.68. The average Bonchev–Trinajstić information content (AvgIpc) is 3.44. The van der Waals surface area contributed by atoms with Crippen LogP contribution in [0, 0.1) is 0 Å². The van der Waals surface area contributed by atoms with Gasteiger partial charge in [-0.25, -0.2) is 0 Å². The van der Waals surface area contributed by atoms with E-state index in [2.05, 4.69) is 5.32 Å². The van der Waals surface area contributed by atoms with Crippen molar-refractivity contribution in [2.45, 2.75) is 56.5 Å². The van der Waals surface area contributed by atoms with Gasteiger partial charge in [-0.1, -0.05) is 79.0 Å². The topological polar surface area (TPSA) is 58.6 Å². The highest BCUT2D eigenvalue weighted by molar-refractivity contribution is 7.99. The van der Waals surface area contributed by atoms with Gasteiger partial charge in [-0.3, -0.25) is 9.59 Å². The Hall–Kier alpha value is -2.96. The van der Waals surface area contributed by atoms with Crippen LogP contribution in [0.1, 0.15) is 42.4 Å². The quantitative estimate of drug-likeness (QED) is 0.288. The third kappa shape index (κ3) is 8.27. The maximum atomic E-state index is 13.8. The van der Waals surface area contributed by atoms with E-state index in [-0.39, 0.29) is 23.6 Å². The summed E-state index contributed by atoms with van der Waals surface area (Å²) in [5, 5.41) is 3.93. The third-order valence-corrected chi connectivity index (χ3v) is 8.07. The second-order valence-electron chi connectivity index (χ2n) is 9.69. The Morgan fingerprint density at radius 2 is 1.68 bits per heavy atom. The molecule has 0 aliphatic heterocycles. The highest BCUT2D eigenvalue weighted by atomic mass is 35.5. The number of thioether (sulfide) groups is 1. The van der Waals surface area contributed by atoms with Crippen molar-refractivity contribution in [3.05, 3.63) is 101 Å². The highest BCUT2D eigenvalue weighted by Gasteiger charge is 2.32. The van der Waals surface area contributed by atoms with Crippen LogP contribution in [0.4, 0.5) is 0 Å². The number of halogens is 1. The standard InChI is InChI=1S/C31H35ClN2O3S/c1-37-28-16-8-11-24(18-28)20-34(30(35)22-38-21-25-12-7-13-26(32)17-25)29(19-23-9-3-2-4-10-23)31(36)33-27-14-5-6-15-27/h2-4,7-13,16-18,27,29H,5-6,14-15,19-22H2,1H3,(H,33,36)/t29-/m0/s1. The van der Waals surface area contributed by atoms with Crippen molar-refractivity contribution in [3.8, 4) is 5.75 Å². The fourth-order valence-corrected chi connectivity index (χ4v) is 5.93. The smallest absolute Gasteiger partial charge is 0.243 e. The molecule has 1 N–H and O–H groups in total. The van der Waals surface area contributed by atoms with Gasteiger partial charge in [-0.05, 0) is 53.8 Å². The molecule has 200 valence electrons. The average molecular weight is 551 g/mol. The van der Waals surface area contributed by atoms with Gasteiger partial charge in [-0.15, -0.1) is 11.8 Å². The van der Waals surface area contributed by atoms with Crippen LogP contribution in [0.25, 0.3) is 0 Å². The number of benzene rings is 3. The lowest BCUT2D eigenvalue weighted by molar-refractivity contribution is -0.139. The Morgan fingerprint density at radius 3 is 2.42 bits per heavy atom. The van der Waals surface area contributed by atoms with Gasteiger partial charge < -0.3 is 15.0 Å². The van der Waals surface area contributed by atoms with Crippen molar-refractivity contribution in [2.75, 3.05) is 12.9 Å². The summed E-state index contributed by atoms with van der Waals surface area (Å²) in [5.41, 5.74) is 3.01. The molecule has 3 aromatic carbocycles. The molecular formula is C31H35ClN2O3S. The molecule has 2 amide bonds. The summed E-state index contributed by atoms with van der Waals surface area (Å²) in [5.74, 6) is 1.49. The first-order valence-corrected chi connectivity index (χ1v) is 14.6. The van der Waals surface area contributed by atoms with E-state index in [1.807, 2.05) is 78.9 Å². The molecule has 1 aliphatic carbocycles. The van der Waals surface area contributed by atoms with E-state index < -0.39 is 6.04 Å². The molecule has 1 aliphatic rings. The van der Waals surface area contributed by atoms with E-state index in [1.54, 1.807) is 12.0 Å². The minimum absolute atomic E-state index is 0.0673. The van der Waals surface area contributed by atoms with Gasteiger partial charge >= 0.3 is 0 Å². The van der Waals surface area contributed by atoms with Crippen LogP contribution in [-0.4, -0.2) is 41.7 Å². The molecule has 0 saturated heterocycles. The number of nitrogens with zero attached hydrogens (tertiary/aromatic N) is 1. The van der Waals surface area contributed by atoms with Crippen molar-refractivity contribution < 1.29 is 14.3 Å². The maximum absolute atomic E-state index is 13.8. The summed E-state index contributed by atoms with van der Waals surface area (Å²) >= 11 is 7.67. The predicted molar refractivity (Wildman–Crippen MR) is 155 cm³/mol. The first-order chi connectivity index (χ1) is 18.5. The highest BCUT2D eigenvalue weighted by Crippen LogP contribution is 2.23. The third-order valence-electron chi connectivity index (χ3n) is 6.84. The van der Waals surface area contributed by atoms with Gasteiger partial charge in [-0.2, -0.15) is 0 Å². The number of nitrogens with one attached hydrogen (secondary N) is 1. The van der Waals surface area contributed by atoms with E-state index >= 15 is 0 Å². The van der Waals surface area contributed by atoms with Crippen LogP contribution in [0.15, 0.2) is 78.9 Å². The number of carbonyl (C=O) groups excluding carboxylic acids is 2. The number of hydrogen-bond acceptors (Lipinski definition) is 4. The summed E-state index contributed by atoms with van der Waals surface area (Å²) in [7, 11) is 1.63. The molecule has 7 heteroatoms. The molecule has 0 unspecified atom stereocenters. The summed E-state index contributed by atoms with van der Waals surface area (Å²) < 4.78 is 5.42. The maximum Gasteiger partial charge on any atom is 0.243 e. The van der Waals surface area contributed by atoms with Crippen molar-refractivity contribution >= 4 is 35.2 Å². The van der Waals surface area contributed by atoms with Crippen LogP contribution in [0.2, 0.25) is 5.02 Å². The van der Waals surface area contributed by atoms with Gasteiger partial charge in [0.15, 0.2) is 0 Å². The Bertz CT molecular complexity index is 1200. The van der Waals surface area contributed by atoms with Crippen LogP contribution in [0.3, 0.4) is 0 Å².